The predicted molar refractivity (Wildman–Crippen MR) is 120 cm³/mol. The van der Waals surface area contributed by atoms with Gasteiger partial charge in [-0.25, -0.2) is 4.98 Å². The smallest absolute Gasteiger partial charge is 0.225 e. The molecule has 0 bridgehead atoms. The number of halogens is 1. The van der Waals surface area contributed by atoms with Gasteiger partial charge in [-0.2, -0.15) is 10.1 Å². The third-order valence-corrected chi connectivity index (χ3v) is 6.14. The normalized spacial score (nSPS) is 17.8. The highest BCUT2D eigenvalue weighted by atomic mass is 79.9. The van der Waals surface area contributed by atoms with Gasteiger partial charge in [-0.3, -0.25) is 4.68 Å². The van der Waals surface area contributed by atoms with Crippen molar-refractivity contribution in [2.45, 2.75) is 24.9 Å². The molecule has 1 fully saturated rings. The van der Waals surface area contributed by atoms with E-state index >= 15 is 0 Å². The van der Waals surface area contributed by atoms with Gasteiger partial charge in [0.05, 0.1) is 35.5 Å². The molecule has 1 aliphatic rings. The maximum absolute atomic E-state index is 5.53. The van der Waals surface area contributed by atoms with Crippen LogP contribution in [0.25, 0.3) is 11.0 Å². The van der Waals surface area contributed by atoms with Crippen LogP contribution in [0, 0.1) is 0 Å². The molecule has 0 radical (unpaired) electrons. The number of ether oxygens (including phenoxy) is 1. The zero-order valence-corrected chi connectivity index (χ0v) is 18.3. The molecule has 1 aromatic carbocycles. The number of nitrogens with one attached hydrogen (secondary N) is 3. The minimum Gasteiger partial charge on any atom is -0.496 e. The SMILES string of the molecule is COc1ccccc1[C@@H]1C[C@H]1Nc1nc(NCc2c(Br)cnn2C)nc2cc[nH]c12. The zero-order valence-electron chi connectivity index (χ0n) is 16.7. The van der Waals surface area contributed by atoms with E-state index in [0.29, 0.717) is 24.5 Å². The first-order valence-corrected chi connectivity index (χ1v) is 10.6. The molecule has 1 aliphatic carbocycles. The van der Waals surface area contributed by atoms with Crippen molar-refractivity contribution in [1.29, 1.82) is 0 Å². The molecule has 5 rings (SSSR count). The van der Waals surface area contributed by atoms with Crippen LogP contribution in [0.4, 0.5) is 11.8 Å². The van der Waals surface area contributed by atoms with Crippen molar-refractivity contribution >= 4 is 38.7 Å². The first-order valence-electron chi connectivity index (χ1n) is 9.79. The summed E-state index contributed by atoms with van der Waals surface area (Å²) in [5.74, 6) is 2.72. The fourth-order valence-electron chi connectivity index (χ4n) is 3.77. The standard InChI is InChI=1S/C21H22BrN7O/c1-29-17(14(22)10-25-29)11-24-21-27-15-7-8-23-19(15)20(28-21)26-16-9-13(16)12-5-3-4-6-18(12)30-2/h3-8,10,13,16,23H,9,11H2,1-2H3,(H2,24,26,27,28)/t13-,16+/m0/s1. The van der Waals surface area contributed by atoms with Crippen LogP contribution in [0.5, 0.6) is 5.75 Å². The number of nitrogens with zero attached hydrogens (tertiary/aromatic N) is 4. The second kappa shape index (κ2) is 7.64. The molecule has 8 nitrogen and oxygen atoms in total. The Hall–Kier alpha value is -3.07. The van der Waals surface area contributed by atoms with Crippen molar-refractivity contribution in [3.63, 3.8) is 0 Å². The fourth-order valence-corrected chi connectivity index (χ4v) is 4.26. The van der Waals surface area contributed by atoms with Crippen LogP contribution in [-0.2, 0) is 13.6 Å². The van der Waals surface area contributed by atoms with Crippen molar-refractivity contribution in [2.75, 3.05) is 17.7 Å². The van der Waals surface area contributed by atoms with Crippen LogP contribution < -0.4 is 15.4 Å². The van der Waals surface area contributed by atoms with Gasteiger partial charge >= 0.3 is 0 Å². The third-order valence-electron chi connectivity index (χ3n) is 5.48. The summed E-state index contributed by atoms with van der Waals surface area (Å²) in [6.45, 7) is 0.569. The summed E-state index contributed by atoms with van der Waals surface area (Å²) >= 11 is 3.53. The summed E-state index contributed by atoms with van der Waals surface area (Å²) in [5, 5.41) is 11.2. The van der Waals surface area contributed by atoms with E-state index in [0.717, 1.165) is 39.2 Å². The topological polar surface area (TPSA) is 92.7 Å². The van der Waals surface area contributed by atoms with E-state index in [-0.39, 0.29) is 0 Å². The largest absolute Gasteiger partial charge is 0.496 e. The Kier molecular flexibility index (Phi) is 4.82. The molecule has 0 spiro atoms. The number of H-pyrrole nitrogens is 1. The minimum atomic E-state index is 0.307. The molecule has 2 atom stereocenters. The lowest BCUT2D eigenvalue weighted by atomic mass is 10.1. The summed E-state index contributed by atoms with van der Waals surface area (Å²) in [4.78, 5) is 12.6. The van der Waals surface area contributed by atoms with Crippen LogP contribution in [0.2, 0.25) is 0 Å². The van der Waals surface area contributed by atoms with Gasteiger partial charge in [-0.15, -0.1) is 0 Å². The number of fused-ring (bicyclic) bond motifs is 1. The van der Waals surface area contributed by atoms with E-state index in [1.807, 2.05) is 36.1 Å². The molecule has 1 saturated carbocycles. The van der Waals surface area contributed by atoms with Crippen molar-refractivity contribution in [2.24, 2.45) is 7.05 Å². The van der Waals surface area contributed by atoms with E-state index in [2.05, 4.69) is 53.8 Å². The van der Waals surface area contributed by atoms with Gasteiger partial charge in [-0.05, 0) is 40.0 Å². The minimum absolute atomic E-state index is 0.307. The summed E-state index contributed by atoms with van der Waals surface area (Å²) in [7, 11) is 3.63. The van der Waals surface area contributed by atoms with Gasteiger partial charge in [0.2, 0.25) is 5.95 Å². The van der Waals surface area contributed by atoms with Crippen LogP contribution in [-0.4, -0.2) is 37.9 Å². The van der Waals surface area contributed by atoms with Crippen molar-refractivity contribution in [3.8, 4) is 5.75 Å². The molecule has 0 aliphatic heterocycles. The summed E-state index contributed by atoms with van der Waals surface area (Å²) in [5.41, 5.74) is 4.04. The second-order valence-corrected chi connectivity index (χ2v) is 8.24. The van der Waals surface area contributed by atoms with Gasteiger partial charge in [-0.1, -0.05) is 18.2 Å². The molecule has 3 aromatic heterocycles. The van der Waals surface area contributed by atoms with Gasteiger partial charge in [0, 0.05) is 25.2 Å². The highest BCUT2D eigenvalue weighted by Crippen LogP contribution is 2.46. The zero-order chi connectivity index (χ0) is 20.7. The van der Waals surface area contributed by atoms with Crippen LogP contribution >= 0.6 is 15.9 Å². The Balaban J connectivity index is 1.36. The Morgan fingerprint density at radius 1 is 1.27 bits per heavy atom. The number of methoxy groups -OCH3 is 1. The van der Waals surface area contributed by atoms with Crippen LogP contribution in [0.15, 0.2) is 47.2 Å². The molecule has 9 heteroatoms. The molecule has 0 amide bonds. The first kappa shape index (κ1) is 18.9. The number of aromatic nitrogens is 5. The molecular weight excluding hydrogens is 446 g/mol. The number of hydrogen-bond acceptors (Lipinski definition) is 6. The van der Waals surface area contributed by atoms with E-state index in [1.165, 1.54) is 5.56 Å². The van der Waals surface area contributed by atoms with Crippen LogP contribution in [0.3, 0.4) is 0 Å². The highest BCUT2D eigenvalue weighted by Gasteiger charge is 2.40. The number of aromatic amines is 1. The van der Waals surface area contributed by atoms with Crippen molar-refractivity contribution in [1.82, 2.24) is 24.7 Å². The third kappa shape index (κ3) is 3.49. The molecular formula is C21H22BrN7O. The molecule has 3 N–H and O–H groups in total. The second-order valence-electron chi connectivity index (χ2n) is 7.39. The molecule has 4 aromatic rings. The number of aryl methyl sites for hydroxylation is 1. The van der Waals surface area contributed by atoms with Gasteiger partial charge in [0.1, 0.15) is 11.3 Å². The maximum Gasteiger partial charge on any atom is 0.225 e. The van der Waals surface area contributed by atoms with Gasteiger partial charge in [0.25, 0.3) is 0 Å². The number of benzene rings is 1. The Morgan fingerprint density at radius 3 is 2.93 bits per heavy atom. The number of para-hydroxylation sites is 1. The maximum atomic E-state index is 5.53. The molecule has 0 saturated heterocycles. The average molecular weight is 468 g/mol. The lowest BCUT2D eigenvalue weighted by molar-refractivity contribution is 0.409. The Labute approximate surface area is 182 Å². The quantitative estimate of drug-likeness (QED) is 0.379. The number of anilines is 2. The molecule has 30 heavy (non-hydrogen) atoms. The van der Waals surface area contributed by atoms with Crippen molar-refractivity contribution in [3.05, 3.63) is 58.5 Å². The van der Waals surface area contributed by atoms with E-state index < -0.39 is 0 Å². The van der Waals surface area contributed by atoms with E-state index in [9.17, 15) is 0 Å². The van der Waals surface area contributed by atoms with Crippen LogP contribution in [0.1, 0.15) is 23.6 Å². The predicted octanol–water partition coefficient (Wildman–Crippen LogP) is 4.04. The lowest BCUT2D eigenvalue weighted by Crippen LogP contribution is -2.11. The van der Waals surface area contributed by atoms with E-state index in [1.54, 1.807) is 13.3 Å². The van der Waals surface area contributed by atoms with Crippen molar-refractivity contribution < 1.29 is 4.74 Å². The lowest BCUT2D eigenvalue weighted by Gasteiger charge is -2.11. The van der Waals surface area contributed by atoms with Gasteiger partial charge < -0.3 is 20.4 Å². The first-order chi connectivity index (χ1) is 14.6. The van der Waals surface area contributed by atoms with E-state index in [4.69, 9.17) is 9.72 Å². The molecule has 154 valence electrons. The number of hydrogen-bond donors (Lipinski definition) is 3. The Bertz CT molecular complexity index is 1180. The summed E-state index contributed by atoms with van der Waals surface area (Å²) in [6.07, 6.45) is 4.71. The average Bonchev–Trinajstić information content (AvgIpc) is 3.20. The molecule has 0 unspecified atom stereocenters. The summed E-state index contributed by atoms with van der Waals surface area (Å²) < 4.78 is 8.31. The fraction of sp³-hybridized carbons (Fsp3) is 0.286. The highest BCUT2D eigenvalue weighted by molar-refractivity contribution is 9.10. The van der Waals surface area contributed by atoms with Gasteiger partial charge in [0.15, 0.2) is 5.82 Å². The monoisotopic (exact) mass is 467 g/mol. The molecule has 3 heterocycles. The number of rotatable bonds is 7. The summed E-state index contributed by atoms with van der Waals surface area (Å²) in [6, 6.07) is 10.5. The Morgan fingerprint density at radius 2 is 2.13 bits per heavy atom.